The van der Waals surface area contributed by atoms with Gasteiger partial charge in [0.05, 0.1) is 6.61 Å². The minimum atomic E-state index is -2.47. The van der Waals surface area contributed by atoms with Crippen LogP contribution in [0.1, 0.15) is 65.9 Å². The van der Waals surface area contributed by atoms with Crippen molar-refractivity contribution in [1.29, 1.82) is 5.26 Å². The van der Waals surface area contributed by atoms with Crippen molar-refractivity contribution in [2.45, 2.75) is 66.7 Å². The predicted molar refractivity (Wildman–Crippen MR) is 133 cm³/mol. The first-order chi connectivity index (χ1) is 16.3. The Morgan fingerprint density at radius 1 is 1.06 bits per heavy atom. The van der Waals surface area contributed by atoms with Gasteiger partial charge in [0, 0.05) is 36.0 Å². The number of fused-ring (bicyclic) bond motifs is 1. The number of halogens is 2. The molecule has 1 fully saturated rings. The Bertz CT molecular complexity index is 911. The molecule has 1 aliphatic heterocycles. The van der Waals surface area contributed by atoms with Gasteiger partial charge in [-0.25, -0.2) is 14.0 Å². The molecule has 1 unspecified atom stereocenters. The Labute approximate surface area is 203 Å². The van der Waals surface area contributed by atoms with Crippen LogP contribution in [-0.2, 0) is 4.74 Å². The summed E-state index contributed by atoms with van der Waals surface area (Å²) in [6.45, 7) is 15.2. The minimum absolute atomic E-state index is 0.157. The quantitative estimate of drug-likeness (QED) is 0.392. The maximum atomic E-state index is 12.6. The largest absolute Gasteiger partial charge is 0.493 e. The molecule has 0 amide bonds. The van der Waals surface area contributed by atoms with Crippen LogP contribution in [0.15, 0.2) is 53.4 Å². The van der Waals surface area contributed by atoms with E-state index in [1.807, 2.05) is 24.3 Å². The van der Waals surface area contributed by atoms with Crippen LogP contribution in [0.2, 0.25) is 0 Å². The maximum Gasteiger partial charge on any atom is 0.272 e. The number of rotatable bonds is 8. The smallest absolute Gasteiger partial charge is 0.272 e. The summed E-state index contributed by atoms with van der Waals surface area (Å²) in [5.41, 5.74) is 4.55. The SMILES string of the molecule is C#N.C1CC1.CCN1C2=CC(OCC(F)F)=CCC2(C)C(C)=C1c1ccc(OCC(C)C)cc1. The predicted octanol–water partition coefficient (Wildman–Crippen LogP) is 7.56. The Hall–Kier alpha value is -2.81. The average Bonchev–Trinajstić information content (AvgIpc) is 3.70. The van der Waals surface area contributed by atoms with Gasteiger partial charge in [0.2, 0.25) is 0 Å². The third kappa shape index (κ3) is 6.85. The second-order valence-electron chi connectivity index (χ2n) is 9.38. The van der Waals surface area contributed by atoms with E-state index in [0.29, 0.717) is 18.3 Å². The van der Waals surface area contributed by atoms with Crippen molar-refractivity contribution in [2.24, 2.45) is 11.3 Å². The maximum absolute atomic E-state index is 12.6. The first-order valence-corrected chi connectivity index (χ1v) is 12.1. The Morgan fingerprint density at radius 2 is 1.68 bits per heavy atom. The van der Waals surface area contributed by atoms with Gasteiger partial charge < -0.3 is 14.4 Å². The van der Waals surface area contributed by atoms with Crippen molar-refractivity contribution in [3.63, 3.8) is 0 Å². The summed E-state index contributed by atoms with van der Waals surface area (Å²) in [6, 6.07) is 8.22. The van der Waals surface area contributed by atoms with Gasteiger partial charge in [-0.15, -0.1) is 0 Å². The number of ether oxygens (including phenoxy) is 2. The normalized spacial score (nSPS) is 20.5. The molecule has 0 aromatic heterocycles. The standard InChI is InChI=1S/C24H31F2NO2.C3H6.CHN/c1-6-27-21-13-20(29-15-22(25)26)11-12-24(21,5)17(4)23(27)18-7-9-19(10-8-18)28-14-16(2)3;1-2-3-1;1-2/h7-11,13,16,22H,6,12,14-15H2,1-5H3;1-3H2;1H. The van der Waals surface area contributed by atoms with E-state index in [2.05, 4.69) is 58.2 Å². The highest BCUT2D eigenvalue weighted by atomic mass is 19.3. The lowest BCUT2D eigenvalue weighted by Crippen LogP contribution is -2.27. The fourth-order valence-corrected chi connectivity index (χ4v) is 4.00. The van der Waals surface area contributed by atoms with E-state index >= 15 is 0 Å². The molecule has 1 aromatic carbocycles. The van der Waals surface area contributed by atoms with Gasteiger partial charge in [0.25, 0.3) is 6.43 Å². The van der Waals surface area contributed by atoms with Crippen LogP contribution in [0.25, 0.3) is 5.70 Å². The summed E-state index contributed by atoms with van der Waals surface area (Å²) in [7, 11) is 0. The topological polar surface area (TPSA) is 45.5 Å². The molecule has 0 bridgehead atoms. The van der Waals surface area contributed by atoms with Crippen molar-refractivity contribution < 1.29 is 18.3 Å². The lowest BCUT2D eigenvalue weighted by Gasteiger charge is -2.33. The average molecular weight is 473 g/mol. The highest BCUT2D eigenvalue weighted by Crippen LogP contribution is 2.54. The van der Waals surface area contributed by atoms with Crippen molar-refractivity contribution in [2.75, 3.05) is 19.8 Å². The van der Waals surface area contributed by atoms with E-state index < -0.39 is 13.0 Å². The molecule has 1 saturated carbocycles. The molecule has 186 valence electrons. The molecule has 6 heteroatoms. The van der Waals surface area contributed by atoms with E-state index in [4.69, 9.17) is 14.7 Å². The van der Waals surface area contributed by atoms with Gasteiger partial charge >= 0.3 is 0 Å². The molecule has 1 atom stereocenters. The van der Waals surface area contributed by atoms with Gasteiger partial charge in [-0.1, -0.05) is 33.1 Å². The van der Waals surface area contributed by atoms with Crippen molar-refractivity contribution in [3.05, 3.63) is 59.0 Å². The van der Waals surface area contributed by atoms with Crippen LogP contribution in [0, 0.1) is 23.2 Å². The third-order valence-electron chi connectivity index (χ3n) is 6.06. The van der Waals surface area contributed by atoms with Crippen molar-refractivity contribution >= 4 is 5.70 Å². The molecule has 1 aromatic rings. The summed E-state index contributed by atoms with van der Waals surface area (Å²) in [6.07, 6.45) is 6.61. The third-order valence-corrected chi connectivity index (χ3v) is 6.06. The molecule has 0 spiro atoms. The molecule has 34 heavy (non-hydrogen) atoms. The van der Waals surface area contributed by atoms with E-state index in [0.717, 1.165) is 30.0 Å². The summed E-state index contributed by atoms with van der Waals surface area (Å²) in [5, 5.41) is 6.50. The zero-order valence-corrected chi connectivity index (χ0v) is 21.1. The summed E-state index contributed by atoms with van der Waals surface area (Å²) >= 11 is 0. The number of hydrogen-bond acceptors (Lipinski definition) is 4. The molecule has 1 heterocycles. The molecular weight excluding hydrogens is 434 g/mol. The number of benzene rings is 1. The van der Waals surface area contributed by atoms with E-state index in [1.54, 1.807) is 0 Å². The first kappa shape index (κ1) is 27.4. The first-order valence-electron chi connectivity index (χ1n) is 12.1. The van der Waals surface area contributed by atoms with Crippen LogP contribution >= 0.6 is 0 Å². The number of alkyl halides is 2. The lowest BCUT2D eigenvalue weighted by atomic mass is 9.76. The van der Waals surface area contributed by atoms with Crippen LogP contribution in [0.4, 0.5) is 8.78 Å². The van der Waals surface area contributed by atoms with Gasteiger partial charge in [0.15, 0.2) is 0 Å². The molecular formula is C28H38F2N2O2. The monoisotopic (exact) mass is 472 g/mol. The molecule has 4 rings (SSSR count). The zero-order chi connectivity index (χ0) is 25.3. The van der Waals surface area contributed by atoms with Gasteiger partial charge in [-0.05, 0) is 74.6 Å². The van der Waals surface area contributed by atoms with Crippen molar-refractivity contribution in [1.82, 2.24) is 4.90 Å². The van der Waals surface area contributed by atoms with E-state index in [1.165, 1.54) is 30.5 Å². The van der Waals surface area contributed by atoms with Crippen LogP contribution in [0.5, 0.6) is 5.75 Å². The van der Waals surface area contributed by atoms with Crippen LogP contribution in [0.3, 0.4) is 0 Å². The summed E-state index contributed by atoms with van der Waals surface area (Å²) < 4.78 is 36.2. The number of nitrogens with zero attached hydrogens (tertiary/aromatic N) is 2. The van der Waals surface area contributed by atoms with Gasteiger partial charge in [-0.3, -0.25) is 0 Å². The molecule has 0 saturated heterocycles. The van der Waals surface area contributed by atoms with Crippen LogP contribution in [-0.4, -0.2) is 31.1 Å². The number of nitriles is 1. The number of allylic oxidation sites excluding steroid dienone is 3. The second kappa shape index (κ2) is 12.6. The van der Waals surface area contributed by atoms with Crippen molar-refractivity contribution in [3.8, 4) is 12.3 Å². The minimum Gasteiger partial charge on any atom is -0.493 e. The van der Waals surface area contributed by atoms with Gasteiger partial charge in [0.1, 0.15) is 18.1 Å². The highest BCUT2D eigenvalue weighted by molar-refractivity contribution is 5.75. The fraction of sp³-hybridized carbons (Fsp3) is 0.536. The van der Waals surface area contributed by atoms with E-state index in [-0.39, 0.29) is 5.41 Å². The van der Waals surface area contributed by atoms with E-state index in [9.17, 15) is 8.78 Å². The molecule has 2 aliphatic carbocycles. The lowest BCUT2D eigenvalue weighted by molar-refractivity contribution is 0.0511. The Morgan fingerprint density at radius 3 is 2.18 bits per heavy atom. The second-order valence-corrected chi connectivity index (χ2v) is 9.38. The fourth-order valence-electron chi connectivity index (χ4n) is 4.00. The molecule has 4 nitrogen and oxygen atoms in total. The molecule has 0 radical (unpaired) electrons. The Balaban J connectivity index is 0.000000738. The Kier molecular flexibility index (Phi) is 10.2. The molecule has 3 aliphatic rings. The van der Waals surface area contributed by atoms with Crippen LogP contribution < -0.4 is 4.74 Å². The number of hydrogen-bond donors (Lipinski definition) is 0. The summed E-state index contributed by atoms with van der Waals surface area (Å²) in [4.78, 5) is 2.28. The highest BCUT2D eigenvalue weighted by Gasteiger charge is 2.44. The molecule has 0 N–H and O–H groups in total. The van der Waals surface area contributed by atoms with Gasteiger partial charge in [-0.2, -0.15) is 0 Å². The zero-order valence-electron chi connectivity index (χ0n) is 21.1. The summed E-state index contributed by atoms with van der Waals surface area (Å²) in [5.74, 6) is 1.88.